The third-order valence-electron chi connectivity index (χ3n) is 5.74. The molecular weight excluding hydrogens is 452 g/mol. The molecule has 178 valence electrons. The van der Waals surface area contributed by atoms with Crippen molar-refractivity contribution in [2.24, 2.45) is 0 Å². The maximum absolute atomic E-state index is 12.6. The molecule has 0 bridgehead atoms. The molecule has 1 aliphatic heterocycles. The van der Waals surface area contributed by atoms with Gasteiger partial charge in [-0.3, -0.25) is 9.59 Å². The van der Waals surface area contributed by atoms with Crippen LogP contribution in [0.4, 0.5) is 11.4 Å². The van der Waals surface area contributed by atoms with Gasteiger partial charge >= 0.3 is 6.01 Å². The van der Waals surface area contributed by atoms with Crippen molar-refractivity contribution in [2.45, 2.75) is 6.54 Å². The second kappa shape index (κ2) is 8.73. The van der Waals surface area contributed by atoms with Crippen LogP contribution in [0.15, 0.2) is 48.8 Å². The quantitative estimate of drug-likeness (QED) is 0.533. The fourth-order valence-corrected chi connectivity index (χ4v) is 3.99. The Morgan fingerprint density at radius 1 is 1.03 bits per heavy atom. The van der Waals surface area contributed by atoms with Crippen LogP contribution in [0.3, 0.4) is 0 Å². The van der Waals surface area contributed by atoms with Crippen LogP contribution in [0.25, 0.3) is 0 Å². The number of fused-ring (bicyclic) bond motifs is 3. The first kappa shape index (κ1) is 22.4. The van der Waals surface area contributed by atoms with E-state index in [1.807, 2.05) is 31.1 Å². The predicted octanol–water partition coefficient (Wildman–Crippen LogP) is 3.21. The number of carbonyl (C=O) groups excluding carboxylic acids is 2. The minimum atomic E-state index is -0.606. The maximum Gasteiger partial charge on any atom is 0.316 e. The van der Waals surface area contributed by atoms with Gasteiger partial charge in [0.2, 0.25) is 0 Å². The third kappa shape index (κ3) is 3.93. The third-order valence-corrected chi connectivity index (χ3v) is 5.74. The van der Waals surface area contributed by atoms with E-state index in [2.05, 4.69) is 9.97 Å². The van der Waals surface area contributed by atoms with Gasteiger partial charge in [-0.15, -0.1) is 0 Å². The van der Waals surface area contributed by atoms with E-state index in [1.54, 1.807) is 17.0 Å². The molecule has 2 aromatic carbocycles. The Balaban J connectivity index is 1.64. The lowest BCUT2D eigenvalue weighted by Crippen LogP contribution is -2.21. The summed E-state index contributed by atoms with van der Waals surface area (Å²) in [6.45, 7) is 1.31. The summed E-state index contributed by atoms with van der Waals surface area (Å²) in [4.78, 5) is 37.3. The Labute approximate surface area is 200 Å². The topological polar surface area (TPSA) is 125 Å². The highest BCUT2D eigenvalue weighted by molar-refractivity contribution is 6.25. The van der Waals surface area contributed by atoms with Crippen LogP contribution in [0, 0.1) is 0 Å². The molecule has 1 aliphatic carbocycles. The van der Waals surface area contributed by atoms with Crippen LogP contribution >= 0.6 is 0 Å². The molecule has 0 atom stereocenters. The largest absolute Gasteiger partial charge is 0.505 e. The van der Waals surface area contributed by atoms with Gasteiger partial charge < -0.3 is 29.5 Å². The van der Waals surface area contributed by atoms with E-state index in [-0.39, 0.29) is 35.1 Å². The summed E-state index contributed by atoms with van der Waals surface area (Å²) in [5.74, 6) is -1.92. The fraction of sp³-hybridized carbons (Fsp3) is 0.200. The number of phenolic OH excluding ortho intramolecular Hbond substituents is 2. The Morgan fingerprint density at radius 3 is 2.37 bits per heavy atom. The van der Waals surface area contributed by atoms with Crippen molar-refractivity contribution >= 4 is 22.9 Å². The highest BCUT2D eigenvalue weighted by Gasteiger charge is 2.37. The molecule has 0 saturated carbocycles. The van der Waals surface area contributed by atoms with Crippen LogP contribution < -0.4 is 14.4 Å². The standard InChI is InChI=1S/C25H22N4O6/c1-28(2)9-10-34-25-26-11-15(12-27-25)29-13-14-5-3-4-6-18(14)35-24-21(29)22(32)19-16(30)7-8-17(31)20(19)23(24)33/h3-8,11-12,32-33H,9-10,13H2,1-2H3. The zero-order chi connectivity index (χ0) is 24.7. The first-order chi connectivity index (χ1) is 16.8. The van der Waals surface area contributed by atoms with Gasteiger partial charge in [0.25, 0.3) is 0 Å². The normalized spacial score (nSPS) is 14.2. The van der Waals surface area contributed by atoms with E-state index < -0.39 is 23.1 Å². The predicted molar refractivity (Wildman–Crippen MR) is 126 cm³/mol. The Bertz CT molecular complexity index is 1370. The smallest absolute Gasteiger partial charge is 0.316 e. The fourth-order valence-electron chi connectivity index (χ4n) is 3.99. The molecule has 10 heteroatoms. The van der Waals surface area contributed by atoms with E-state index >= 15 is 0 Å². The number of carbonyl (C=O) groups is 2. The number of hydrogen-bond donors (Lipinski definition) is 2. The molecule has 0 amide bonds. The van der Waals surface area contributed by atoms with E-state index in [1.165, 1.54) is 12.4 Å². The molecule has 0 radical (unpaired) electrons. The van der Waals surface area contributed by atoms with Crippen molar-refractivity contribution < 1.29 is 29.3 Å². The van der Waals surface area contributed by atoms with Gasteiger partial charge in [0.15, 0.2) is 28.8 Å². The summed E-state index contributed by atoms with van der Waals surface area (Å²) in [7, 11) is 3.86. The number of allylic oxidation sites excluding steroid dienone is 2. The Hall–Kier alpha value is -4.44. The van der Waals surface area contributed by atoms with Crippen molar-refractivity contribution in [3.05, 3.63) is 65.5 Å². The number of hydrogen-bond acceptors (Lipinski definition) is 10. The van der Waals surface area contributed by atoms with Gasteiger partial charge in [-0.25, -0.2) is 9.97 Å². The summed E-state index contributed by atoms with van der Waals surface area (Å²) in [6, 6.07) is 7.33. The molecule has 0 saturated heterocycles. The summed E-state index contributed by atoms with van der Waals surface area (Å²) >= 11 is 0. The number of aromatic nitrogens is 2. The number of benzene rings is 2. The molecular formula is C25H22N4O6. The highest BCUT2D eigenvalue weighted by Crippen LogP contribution is 2.55. The molecule has 35 heavy (non-hydrogen) atoms. The van der Waals surface area contributed by atoms with E-state index in [4.69, 9.17) is 9.47 Å². The number of ketones is 2. The van der Waals surface area contributed by atoms with Gasteiger partial charge in [-0.1, -0.05) is 18.2 Å². The lowest BCUT2D eigenvalue weighted by molar-refractivity contribution is 0.0989. The molecule has 3 aromatic rings. The molecule has 0 unspecified atom stereocenters. The van der Waals surface area contributed by atoms with Crippen molar-refractivity contribution in [3.63, 3.8) is 0 Å². The summed E-state index contributed by atoms with van der Waals surface area (Å²) in [5, 5.41) is 22.3. The van der Waals surface area contributed by atoms with Crippen LogP contribution in [0.2, 0.25) is 0 Å². The van der Waals surface area contributed by atoms with Gasteiger partial charge in [-0.2, -0.15) is 0 Å². The van der Waals surface area contributed by atoms with Crippen LogP contribution in [-0.2, 0) is 6.54 Å². The van der Waals surface area contributed by atoms with Crippen molar-refractivity contribution in [1.29, 1.82) is 0 Å². The molecule has 5 rings (SSSR count). The number of phenols is 2. The molecule has 2 N–H and O–H groups in total. The van der Waals surface area contributed by atoms with Crippen LogP contribution in [-0.4, -0.2) is 63.9 Å². The van der Waals surface area contributed by atoms with E-state index in [0.717, 1.165) is 17.7 Å². The second-order valence-electron chi connectivity index (χ2n) is 8.36. The van der Waals surface area contributed by atoms with Gasteiger partial charge in [-0.05, 0) is 32.3 Å². The Morgan fingerprint density at radius 2 is 1.69 bits per heavy atom. The van der Waals surface area contributed by atoms with Crippen LogP contribution in [0.1, 0.15) is 26.3 Å². The molecule has 10 nitrogen and oxygen atoms in total. The zero-order valence-electron chi connectivity index (χ0n) is 19.1. The van der Waals surface area contributed by atoms with Crippen molar-refractivity contribution in [3.8, 4) is 29.0 Å². The zero-order valence-corrected chi connectivity index (χ0v) is 19.1. The first-order valence-electron chi connectivity index (χ1n) is 10.9. The summed E-state index contributed by atoms with van der Waals surface area (Å²) in [5.41, 5.74) is 0.638. The lowest BCUT2D eigenvalue weighted by atomic mass is 9.91. The van der Waals surface area contributed by atoms with Crippen molar-refractivity contribution in [1.82, 2.24) is 14.9 Å². The average molecular weight is 474 g/mol. The molecule has 2 heterocycles. The van der Waals surface area contributed by atoms with Crippen molar-refractivity contribution in [2.75, 3.05) is 32.1 Å². The van der Waals surface area contributed by atoms with Gasteiger partial charge in [0.1, 0.15) is 18.0 Å². The summed E-state index contributed by atoms with van der Waals surface area (Å²) in [6.07, 6.45) is 5.15. The monoisotopic (exact) mass is 474 g/mol. The molecule has 1 aromatic heterocycles. The molecule has 2 aliphatic rings. The number of rotatable bonds is 5. The molecule has 0 fully saturated rings. The summed E-state index contributed by atoms with van der Waals surface area (Å²) < 4.78 is 11.6. The lowest BCUT2D eigenvalue weighted by Gasteiger charge is -2.27. The number of likely N-dealkylation sites (N-methyl/N-ethyl adjacent to an activating group) is 1. The maximum atomic E-state index is 12.6. The van der Waals surface area contributed by atoms with E-state index in [9.17, 15) is 19.8 Å². The van der Waals surface area contributed by atoms with Gasteiger partial charge in [0.05, 0.1) is 35.8 Å². The average Bonchev–Trinajstić information content (AvgIpc) is 3.02. The van der Waals surface area contributed by atoms with E-state index in [0.29, 0.717) is 24.6 Å². The number of anilines is 2. The highest BCUT2D eigenvalue weighted by atomic mass is 16.5. The minimum Gasteiger partial charge on any atom is -0.505 e. The number of ether oxygens (including phenoxy) is 2. The number of aromatic hydroxyl groups is 2. The Kier molecular flexibility index (Phi) is 5.58. The van der Waals surface area contributed by atoms with Gasteiger partial charge in [0, 0.05) is 12.1 Å². The first-order valence-corrected chi connectivity index (χ1v) is 10.9. The second-order valence-corrected chi connectivity index (χ2v) is 8.36. The van der Waals surface area contributed by atoms with Crippen LogP contribution in [0.5, 0.6) is 29.0 Å². The molecule has 0 spiro atoms. The SMILES string of the molecule is CN(C)CCOc1ncc(N2Cc3ccccc3Oc3c(O)c4c(c(O)c32)C(=O)C=CC4=O)cn1. The number of para-hydroxylation sites is 1. The minimum absolute atomic E-state index is 0.0266. The number of nitrogens with zero attached hydrogens (tertiary/aromatic N) is 4.